The number of halogens is 9. The number of carbonyl (C=O) groups is 1. The summed E-state index contributed by atoms with van der Waals surface area (Å²) in [6.07, 6.45) is -9.75. The van der Waals surface area contributed by atoms with E-state index in [1.807, 2.05) is 0 Å². The van der Waals surface area contributed by atoms with Crippen LogP contribution in [0.4, 0.5) is 36.4 Å². The van der Waals surface area contributed by atoms with Gasteiger partial charge in [0.1, 0.15) is 0 Å². The van der Waals surface area contributed by atoms with E-state index in [0.29, 0.717) is 16.7 Å². The Morgan fingerprint density at radius 1 is 0.921 bits per heavy atom. The van der Waals surface area contributed by atoms with Gasteiger partial charge in [-0.05, 0) is 53.9 Å². The number of anilines is 1. The molecule has 13 heteroatoms. The number of amides is 1. The number of rotatable bonds is 8. The van der Waals surface area contributed by atoms with Crippen LogP contribution in [0.1, 0.15) is 27.0 Å². The van der Waals surface area contributed by atoms with Gasteiger partial charge in [0.2, 0.25) is 0 Å². The first-order valence-corrected chi connectivity index (χ1v) is 11.7. The van der Waals surface area contributed by atoms with Gasteiger partial charge < -0.3 is 10.2 Å². The number of aromatic nitrogens is 1. The normalized spacial score (nSPS) is 12.4. The number of nitrogens with one attached hydrogen (secondary N) is 1. The lowest BCUT2D eigenvalue weighted by Crippen LogP contribution is -2.51. The molecule has 0 bridgehead atoms. The molecule has 38 heavy (non-hydrogen) atoms. The Labute approximate surface area is 223 Å². The van der Waals surface area contributed by atoms with E-state index in [9.17, 15) is 31.1 Å². The van der Waals surface area contributed by atoms with Crippen LogP contribution in [0.2, 0.25) is 10.0 Å². The van der Waals surface area contributed by atoms with Crippen LogP contribution >= 0.6 is 23.2 Å². The molecule has 0 radical (unpaired) electrons. The van der Waals surface area contributed by atoms with Gasteiger partial charge in [-0.3, -0.25) is 9.78 Å². The van der Waals surface area contributed by atoms with Crippen LogP contribution in [0.5, 0.6) is 0 Å². The van der Waals surface area contributed by atoms with Crippen molar-refractivity contribution in [2.24, 2.45) is 0 Å². The second-order valence-electron chi connectivity index (χ2n) is 8.33. The largest absolute Gasteiger partial charge is 0.436 e. The fourth-order valence-corrected chi connectivity index (χ4v) is 4.00. The van der Waals surface area contributed by atoms with Crippen LogP contribution in [0, 0.1) is 0 Å². The first kappa shape index (κ1) is 29.5. The Bertz CT molecular complexity index is 1250. The fourth-order valence-electron chi connectivity index (χ4n) is 3.65. The van der Waals surface area contributed by atoms with Crippen molar-refractivity contribution in [1.82, 2.24) is 10.3 Å². The van der Waals surface area contributed by atoms with Gasteiger partial charge in [-0.2, -0.15) is 26.3 Å². The van der Waals surface area contributed by atoms with Crippen molar-refractivity contribution in [1.29, 1.82) is 0 Å². The van der Waals surface area contributed by atoms with Crippen LogP contribution in [0.15, 0.2) is 60.9 Å². The smallest absolute Gasteiger partial charge is 0.374 e. The maximum absolute atomic E-state index is 15.2. The summed E-state index contributed by atoms with van der Waals surface area (Å²) in [7, 11) is 1.23. The van der Waals surface area contributed by atoms with Gasteiger partial charge in [0.05, 0.1) is 0 Å². The molecule has 2 aromatic carbocycles. The highest BCUT2D eigenvalue weighted by atomic mass is 35.5. The van der Waals surface area contributed by atoms with E-state index in [1.54, 1.807) is 24.3 Å². The fraction of sp³-hybridized carbons (Fsp3) is 0.280. The van der Waals surface area contributed by atoms with E-state index in [1.165, 1.54) is 31.6 Å². The van der Waals surface area contributed by atoms with Crippen molar-refractivity contribution in [3.63, 3.8) is 0 Å². The maximum atomic E-state index is 15.2. The summed E-state index contributed by atoms with van der Waals surface area (Å²) in [6, 6.07) is 10.5. The minimum Gasteiger partial charge on any atom is -0.374 e. The lowest BCUT2D eigenvalue weighted by atomic mass is 9.90. The van der Waals surface area contributed by atoms with E-state index in [-0.39, 0.29) is 30.6 Å². The monoisotopic (exact) mass is 581 g/mol. The highest BCUT2D eigenvalue weighted by Gasteiger charge is 2.74. The molecule has 0 atom stereocenters. The molecule has 1 N–H and O–H groups in total. The average molecular weight is 582 g/mol. The zero-order valence-corrected chi connectivity index (χ0v) is 21.1. The zero-order chi connectivity index (χ0) is 28.3. The molecule has 0 aliphatic heterocycles. The molecule has 1 aromatic heterocycles. The van der Waals surface area contributed by atoms with Crippen LogP contribution in [0.3, 0.4) is 0 Å². The molecule has 0 unspecified atom stereocenters. The van der Waals surface area contributed by atoms with E-state index < -0.39 is 40.2 Å². The molecule has 0 aliphatic carbocycles. The molecule has 3 rings (SSSR count). The SMILES string of the molecule is CN(CCc1ccc(Cl)cc1)c1cc(CNC(=O)c2ccncc2)c(Cl)cc1C(F)(C(F)(F)F)C(F)(F)F. The molecule has 204 valence electrons. The van der Waals surface area contributed by atoms with Gasteiger partial charge in [0.15, 0.2) is 0 Å². The van der Waals surface area contributed by atoms with Crippen molar-refractivity contribution in [3.8, 4) is 0 Å². The number of hydrogen-bond donors (Lipinski definition) is 1. The summed E-state index contributed by atoms with van der Waals surface area (Å²) in [6.45, 7) is -0.430. The van der Waals surface area contributed by atoms with Gasteiger partial charge in [-0.15, -0.1) is 0 Å². The van der Waals surface area contributed by atoms with Crippen molar-refractivity contribution in [3.05, 3.63) is 93.2 Å². The van der Waals surface area contributed by atoms with Gasteiger partial charge in [0, 0.05) is 59.4 Å². The lowest BCUT2D eigenvalue weighted by Gasteiger charge is -2.34. The quantitative estimate of drug-likeness (QED) is 0.284. The van der Waals surface area contributed by atoms with Crippen LogP contribution < -0.4 is 10.2 Å². The summed E-state index contributed by atoms with van der Waals surface area (Å²) in [5.41, 5.74) is -7.20. The highest BCUT2D eigenvalue weighted by Crippen LogP contribution is 2.56. The Morgan fingerprint density at radius 3 is 2.05 bits per heavy atom. The molecule has 1 heterocycles. The van der Waals surface area contributed by atoms with Crippen LogP contribution in [-0.4, -0.2) is 36.8 Å². The zero-order valence-electron chi connectivity index (χ0n) is 19.6. The molecule has 3 aromatic rings. The molecule has 0 saturated heterocycles. The van der Waals surface area contributed by atoms with Crippen LogP contribution in [-0.2, 0) is 18.6 Å². The first-order chi connectivity index (χ1) is 17.6. The molecule has 4 nitrogen and oxygen atoms in total. The van der Waals surface area contributed by atoms with Crippen molar-refractivity contribution in [2.75, 3.05) is 18.5 Å². The summed E-state index contributed by atoms with van der Waals surface area (Å²) < 4.78 is 97.2. The molecular weight excluding hydrogens is 562 g/mol. The Kier molecular flexibility index (Phi) is 8.82. The van der Waals surface area contributed by atoms with Crippen molar-refractivity contribution >= 4 is 34.8 Å². The number of hydrogen-bond acceptors (Lipinski definition) is 3. The van der Waals surface area contributed by atoms with E-state index in [2.05, 4.69) is 10.3 Å². The standard InChI is InChI=1S/C25H20Cl2F7N3O/c1-37(11-8-15-2-4-18(26)5-3-15)21-12-17(14-36-22(38)16-6-9-35-10-7-16)20(27)13-19(21)23(28,24(29,30)31)25(32,33)34/h2-7,9-10,12-13H,8,11,14H2,1H3,(H,36,38). The predicted octanol–water partition coefficient (Wildman–Crippen LogP) is 7.29. The number of likely N-dealkylation sites (N-methyl/N-ethyl adjacent to an activating group) is 1. The molecule has 0 fully saturated rings. The number of benzene rings is 2. The lowest BCUT2D eigenvalue weighted by molar-refractivity contribution is -0.348. The molecule has 0 saturated carbocycles. The highest BCUT2D eigenvalue weighted by molar-refractivity contribution is 6.31. The minimum atomic E-state index is -6.34. The summed E-state index contributed by atoms with van der Waals surface area (Å²) in [5.74, 6) is -0.587. The Morgan fingerprint density at radius 2 is 1.50 bits per heavy atom. The third-order valence-electron chi connectivity index (χ3n) is 5.76. The molecule has 1 amide bonds. The number of nitrogens with zero attached hydrogens (tertiary/aromatic N) is 2. The van der Waals surface area contributed by atoms with Crippen molar-refractivity contribution < 1.29 is 35.5 Å². The second kappa shape index (κ2) is 11.4. The topological polar surface area (TPSA) is 45.2 Å². The van der Waals surface area contributed by atoms with Crippen LogP contribution in [0.25, 0.3) is 0 Å². The number of carbonyl (C=O) groups excluding carboxylic acids is 1. The number of alkyl halides is 7. The van der Waals surface area contributed by atoms with Gasteiger partial charge in [-0.1, -0.05) is 35.3 Å². The summed E-state index contributed by atoms with van der Waals surface area (Å²) in [5, 5.41) is 2.34. The maximum Gasteiger partial charge on any atom is 0.436 e. The van der Waals surface area contributed by atoms with Gasteiger partial charge in [-0.25, -0.2) is 4.39 Å². The van der Waals surface area contributed by atoms with Gasteiger partial charge >= 0.3 is 18.0 Å². The third kappa shape index (κ3) is 6.32. The summed E-state index contributed by atoms with van der Waals surface area (Å²) in [4.78, 5) is 17.2. The third-order valence-corrected chi connectivity index (χ3v) is 6.36. The van der Waals surface area contributed by atoms with E-state index in [4.69, 9.17) is 23.2 Å². The first-order valence-electron chi connectivity index (χ1n) is 10.9. The summed E-state index contributed by atoms with van der Waals surface area (Å²) >= 11 is 11.9. The molecular formula is C25H20Cl2F7N3O. The minimum absolute atomic E-state index is 0.0159. The Hall–Kier alpha value is -3.05. The predicted molar refractivity (Wildman–Crippen MR) is 130 cm³/mol. The average Bonchev–Trinajstić information content (AvgIpc) is 2.85. The Balaban J connectivity index is 2.02. The van der Waals surface area contributed by atoms with Gasteiger partial charge in [0.25, 0.3) is 5.91 Å². The van der Waals surface area contributed by atoms with E-state index in [0.717, 1.165) is 11.0 Å². The molecule has 0 spiro atoms. The number of pyridine rings is 1. The van der Waals surface area contributed by atoms with E-state index >= 15 is 4.39 Å². The molecule has 0 aliphatic rings. The van der Waals surface area contributed by atoms with Crippen molar-refractivity contribution in [2.45, 2.75) is 31.0 Å². The second-order valence-corrected chi connectivity index (χ2v) is 9.17.